The molecule has 4 N–H and O–H groups in total. The van der Waals surface area contributed by atoms with Crippen molar-refractivity contribution in [1.29, 1.82) is 0 Å². The molecule has 62 heavy (non-hydrogen) atoms. The van der Waals surface area contributed by atoms with Crippen LogP contribution in [-0.4, -0.2) is 46.1 Å². The van der Waals surface area contributed by atoms with Crippen molar-refractivity contribution in [3.63, 3.8) is 0 Å². The van der Waals surface area contributed by atoms with E-state index >= 15 is 0 Å². The van der Waals surface area contributed by atoms with Crippen LogP contribution in [0, 0.1) is 0 Å². The number of aliphatic hydroxyl groups is 3. The molecule has 1 amide bonds. The lowest BCUT2D eigenvalue weighted by Crippen LogP contribution is -2.45. The molecule has 3 unspecified atom stereocenters. The molecule has 0 spiro atoms. The summed E-state index contributed by atoms with van der Waals surface area (Å²) in [6.07, 6.45) is 65.6. The van der Waals surface area contributed by atoms with Crippen molar-refractivity contribution >= 4 is 5.91 Å². The molecule has 0 fully saturated rings. The predicted octanol–water partition coefficient (Wildman–Crippen LogP) is 17.5. The fourth-order valence-corrected chi connectivity index (χ4v) is 9.23. The van der Waals surface area contributed by atoms with E-state index < -0.39 is 18.2 Å². The Labute approximate surface area is 389 Å². The first kappa shape index (κ1) is 61.1. The summed E-state index contributed by atoms with van der Waals surface area (Å²) in [5.41, 5.74) is 0. The maximum absolute atomic E-state index is 12.5. The number of carbonyl (C=O) groups excluding carboxylic acids is 1. The van der Waals surface area contributed by atoms with Gasteiger partial charge >= 0.3 is 0 Å². The summed E-state index contributed by atoms with van der Waals surface area (Å²) in [5, 5.41) is 33.4. The summed E-state index contributed by atoms with van der Waals surface area (Å²) in [4.78, 5) is 12.5. The fraction of sp³-hybridized carbons (Fsp3) is 0.947. The fourth-order valence-electron chi connectivity index (χ4n) is 9.23. The van der Waals surface area contributed by atoms with Gasteiger partial charge in [-0.1, -0.05) is 309 Å². The number of carbonyl (C=O) groups is 1. The minimum absolute atomic E-state index is 0.0193. The van der Waals surface area contributed by atoms with Gasteiger partial charge in [-0.25, -0.2) is 0 Å². The molecule has 0 aromatic heterocycles. The molecule has 3 atom stereocenters. The van der Waals surface area contributed by atoms with Gasteiger partial charge in [0.1, 0.15) is 0 Å². The Bertz CT molecular complexity index is 879. The van der Waals surface area contributed by atoms with Crippen LogP contribution in [0.3, 0.4) is 0 Å². The Balaban J connectivity index is 3.45. The molecular weight excluding hydrogens is 763 g/mol. The van der Waals surface area contributed by atoms with Crippen molar-refractivity contribution in [1.82, 2.24) is 5.32 Å². The van der Waals surface area contributed by atoms with Crippen LogP contribution in [0.2, 0.25) is 0 Å². The van der Waals surface area contributed by atoms with Gasteiger partial charge in [-0.3, -0.25) is 4.79 Å². The lowest BCUT2D eigenvalue weighted by atomic mass is 10.0. The van der Waals surface area contributed by atoms with Crippen LogP contribution in [0.5, 0.6) is 0 Å². The largest absolute Gasteiger partial charge is 0.394 e. The van der Waals surface area contributed by atoms with Crippen LogP contribution >= 0.6 is 0 Å². The second-order valence-corrected chi connectivity index (χ2v) is 19.9. The van der Waals surface area contributed by atoms with Crippen LogP contribution in [0.1, 0.15) is 322 Å². The van der Waals surface area contributed by atoms with Gasteiger partial charge in [0, 0.05) is 0 Å². The molecular formula is C57H113NO4. The highest BCUT2D eigenvalue weighted by atomic mass is 16.3. The van der Waals surface area contributed by atoms with Gasteiger partial charge in [0.15, 0.2) is 0 Å². The predicted molar refractivity (Wildman–Crippen MR) is 273 cm³/mol. The van der Waals surface area contributed by atoms with Gasteiger partial charge < -0.3 is 20.6 Å². The first-order valence-corrected chi connectivity index (χ1v) is 28.5. The van der Waals surface area contributed by atoms with E-state index in [-0.39, 0.29) is 18.9 Å². The molecule has 370 valence electrons. The molecule has 0 aromatic carbocycles. The molecule has 0 heterocycles. The number of unbranched alkanes of at least 4 members (excludes halogenated alkanes) is 44. The second kappa shape index (κ2) is 52.7. The van der Waals surface area contributed by atoms with E-state index in [0.29, 0.717) is 6.42 Å². The summed E-state index contributed by atoms with van der Waals surface area (Å²) in [5.74, 6) is -0.309. The van der Waals surface area contributed by atoms with Crippen molar-refractivity contribution in [3.05, 3.63) is 12.2 Å². The van der Waals surface area contributed by atoms with E-state index in [1.807, 2.05) is 6.08 Å². The molecule has 5 heteroatoms. The quantitative estimate of drug-likeness (QED) is 0.0362. The molecule has 0 aliphatic rings. The maximum Gasteiger partial charge on any atom is 0.222 e. The van der Waals surface area contributed by atoms with Crippen molar-refractivity contribution in [2.45, 2.75) is 340 Å². The zero-order chi connectivity index (χ0) is 45.1. The van der Waals surface area contributed by atoms with Crippen LogP contribution < -0.4 is 5.32 Å². The van der Waals surface area contributed by atoms with E-state index in [1.54, 1.807) is 6.08 Å². The van der Waals surface area contributed by atoms with Crippen molar-refractivity contribution < 1.29 is 20.1 Å². The highest BCUT2D eigenvalue weighted by Crippen LogP contribution is 2.18. The average molecular weight is 877 g/mol. The van der Waals surface area contributed by atoms with E-state index in [9.17, 15) is 20.1 Å². The van der Waals surface area contributed by atoms with Crippen molar-refractivity contribution in [3.8, 4) is 0 Å². The molecule has 0 aromatic rings. The molecule has 0 saturated heterocycles. The van der Waals surface area contributed by atoms with Crippen molar-refractivity contribution in [2.75, 3.05) is 6.61 Å². The number of aliphatic hydroxyl groups excluding tert-OH is 3. The zero-order valence-electron chi connectivity index (χ0n) is 42.3. The Hall–Kier alpha value is -0.910. The maximum atomic E-state index is 12.5. The molecule has 0 bridgehead atoms. The Morgan fingerprint density at radius 2 is 0.661 bits per heavy atom. The minimum Gasteiger partial charge on any atom is -0.394 e. The first-order valence-electron chi connectivity index (χ1n) is 28.5. The number of rotatable bonds is 53. The van der Waals surface area contributed by atoms with Crippen LogP contribution in [-0.2, 0) is 4.79 Å². The van der Waals surface area contributed by atoms with Crippen LogP contribution in [0.15, 0.2) is 12.2 Å². The summed E-state index contributed by atoms with van der Waals surface area (Å²) in [7, 11) is 0. The first-order chi connectivity index (χ1) is 30.5. The summed E-state index contributed by atoms with van der Waals surface area (Å²) in [6, 6.07) is -0.740. The topological polar surface area (TPSA) is 89.8 Å². The number of hydrogen-bond acceptors (Lipinski definition) is 4. The molecule has 0 radical (unpaired) electrons. The van der Waals surface area contributed by atoms with Gasteiger partial charge in [0.25, 0.3) is 0 Å². The SMILES string of the molecule is CCCCCCCCCCCCCC/C=C/C(O)C(CO)NC(=O)CC(O)CCCCCCCCCCCCCCCCCCCCCCCCCCCCCCCCCCC. The number of amides is 1. The van der Waals surface area contributed by atoms with Crippen LogP contribution in [0.4, 0.5) is 0 Å². The van der Waals surface area contributed by atoms with Crippen molar-refractivity contribution in [2.24, 2.45) is 0 Å². The smallest absolute Gasteiger partial charge is 0.222 e. The lowest BCUT2D eigenvalue weighted by Gasteiger charge is -2.21. The van der Waals surface area contributed by atoms with Gasteiger partial charge in [-0.05, 0) is 19.3 Å². The number of nitrogens with one attached hydrogen (secondary N) is 1. The van der Waals surface area contributed by atoms with Gasteiger partial charge in [-0.15, -0.1) is 0 Å². The average Bonchev–Trinajstić information content (AvgIpc) is 3.27. The number of hydrogen-bond donors (Lipinski definition) is 4. The summed E-state index contributed by atoms with van der Waals surface area (Å²) in [6.45, 7) is 4.24. The molecule has 0 aliphatic carbocycles. The normalized spacial score (nSPS) is 13.3. The highest BCUT2D eigenvalue weighted by Gasteiger charge is 2.20. The van der Waals surface area contributed by atoms with E-state index in [1.165, 1.54) is 270 Å². The standard InChI is InChI=1S/C57H113NO4/c1-3-5-7-9-11-13-15-17-19-20-21-22-23-24-25-26-27-28-29-30-31-32-33-34-35-36-37-38-40-42-44-46-48-50-54(60)52-57(62)58-55(53-59)56(61)51-49-47-45-43-41-39-18-16-14-12-10-8-6-4-2/h49,51,54-56,59-61H,3-48,50,52-53H2,1-2H3,(H,58,62)/b51-49+. The summed E-state index contributed by atoms with van der Waals surface area (Å²) >= 11 is 0. The van der Waals surface area contributed by atoms with E-state index in [0.717, 1.165) is 25.7 Å². The van der Waals surface area contributed by atoms with Gasteiger partial charge in [-0.2, -0.15) is 0 Å². The second-order valence-electron chi connectivity index (χ2n) is 19.9. The highest BCUT2D eigenvalue weighted by molar-refractivity contribution is 5.76. The monoisotopic (exact) mass is 876 g/mol. The molecule has 5 nitrogen and oxygen atoms in total. The lowest BCUT2D eigenvalue weighted by molar-refractivity contribution is -0.124. The Morgan fingerprint density at radius 3 is 0.935 bits per heavy atom. The zero-order valence-corrected chi connectivity index (χ0v) is 42.3. The summed E-state index contributed by atoms with van der Waals surface area (Å²) < 4.78 is 0. The third-order valence-electron chi connectivity index (χ3n) is 13.6. The van der Waals surface area contributed by atoms with Gasteiger partial charge in [0.05, 0.1) is 31.3 Å². The van der Waals surface area contributed by atoms with E-state index in [4.69, 9.17) is 0 Å². The Morgan fingerprint density at radius 1 is 0.403 bits per heavy atom. The molecule has 0 rings (SSSR count). The Kier molecular flexibility index (Phi) is 51.9. The number of allylic oxidation sites excluding steroid dienone is 1. The van der Waals surface area contributed by atoms with Crippen LogP contribution in [0.25, 0.3) is 0 Å². The third kappa shape index (κ3) is 48.5. The molecule has 0 saturated carbocycles. The third-order valence-corrected chi connectivity index (χ3v) is 13.6. The molecule has 0 aliphatic heterocycles. The minimum atomic E-state index is -0.925. The van der Waals surface area contributed by atoms with E-state index in [2.05, 4.69) is 19.2 Å². The van der Waals surface area contributed by atoms with Gasteiger partial charge in [0.2, 0.25) is 5.91 Å².